The number of rotatable bonds is 20. The molecule has 46 heteroatoms. The molecule has 546 valence electrons. The Balaban J connectivity index is 0.000000203. The molecule has 6 aromatic rings. The van der Waals surface area contributed by atoms with Crippen molar-refractivity contribution in [2.45, 2.75) is 136 Å². The average Bonchev–Trinajstić information content (AvgIpc) is 1.76. The van der Waals surface area contributed by atoms with Gasteiger partial charge in [0.05, 0.1) is 41.3 Å². The topological polar surface area (TPSA) is 652 Å². The maximum atomic E-state index is 13.4. The molecule has 4 saturated heterocycles. The van der Waals surface area contributed by atoms with E-state index in [4.69, 9.17) is 37.1 Å². The van der Waals surface area contributed by atoms with Gasteiger partial charge in [-0.15, -0.1) is 0 Å². The van der Waals surface area contributed by atoms with Crippen LogP contribution in [0.2, 0.25) is 0 Å². The predicted octanol–water partition coefficient (Wildman–Crippen LogP) is -6.67. The first-order chi connectivity index (χ1) is 47.7. The number of aliphatic carboxylic acids is 1. The summed E-state index contributed by atoms with van der Waals surface area (Å²) in [5.41, 5.74) is 20.5. The minimum Gasteiger partial charge on any atom is -0.480 e. The van der Waals surface area contributed by atoms with Crippen molar-refractivity contribution in [1.82, 2.24) is 88.9 Å². The Morgan fingerprint density at radius 3 is 1.44 bits per heavy atom. The van der Waals surface area contributed by atoms with E-state index in [1.807, 2.05) is 0 Å². The number of likely N-dealkylation sites (tertiary alicyclic amines) is 2. The number of esters is 1. The van der Waals surface area contributed by atoms with Crippen LogP contribution in [0.15, 0.2) is 44.9 Å². The molecular formula is C55H76N26O18S2. The number of aliphatic hydroxyl groups excluding tert-OH is 4. The van der Waals surface area contributed by atoms with Crippen LogP contribution < -0.4 is 64.8 Å². The number of nitrogens with zero attached hydrogens (tertiary/aromatic N) is 14. The number of aliphatic hydroxyl groups is 4. The van der Waals surface area contributed by atoms with E-state index in [-0.39, 0.29) is 152 Å². The van der Waals surface area contributed by atoms with Gasteiger partial charge in [0.2, 0.25) is 31.9 Å². The summed E-state index contributed by atoms with van der Waals surface area (Å²) in [5.74, 6) is -2.77. The molecule has 0 spiro atoms. The summed E-state index contributed by atoms with van der Waals surface area (Å²) in [6, 6.07) is -2.13. The molecule has 12 heterocycles. The van der Waals surface area contributed by atoms with Crippen molar-refractivity contribution in [2.75, 3.05) is 93.0 Å². The van der Waals surface area contributed by atoms with Gasteiger partial charge in [0.15, 0.2) is 58.4 Å². The lowest BCUT2D eigenvalue weighted by Gasteiger charge is -2.37. The minimum absolute atomic E-state index is 0.0000247. The molecular weight excluding hydrogens is 1380 g/mol. The van der Waals surface area contributed by atoms with Gasteiger partial charge in [-0.25, -0.2) is 66.2 Å². The number of carboxylic acid groups (broad SMARTS) is 1. The van der Waals surface area contributed by atoms with Crippen LogP contribution in [0.3, 0.4) is 0 Å². The summed E-state index contributed by atoms with van der Waals surface area (Å²) in [4.78, 5) is 125. The Morgan fingerprint density at radius 2 is 1.03 bits per heavy atom. The number of aromatic amines is 2. The number of ether oxygens (including phenoxy) is 3. The number of carbonyl (C=O) groups is 4. The third kappa shape index (κ3) is 14.8. The zero-order valence-electron chi connectivity index (χ0n) is 54.7. The molecule has 2 amide bonds. The van der Waals surface area contributed by atoms with Gasteiger partial charge in [-0.3, -0.25) is 57.7 Å². The number of fused-ring (bicyclic) bond motifs is 4. The van der Waals surface area contributed by atoms with Crippen molar-refractivity contribution >= 4 is 124 Å². The van der Waals surface area contributed by atoms with Crippen LogP contribution in [-0.2, 0) is 53.4 Å². The summed E-state index contributed by atoms with van der Waals surface area (Å²) < 4.78 is 77.8. The van der Waals surface area contributed by atoms with E-state index in [0.29, 0.717) is 0 Å². The van der Waals surface area contributed by atoms with E-state index in [1.54, 1.807) is 37.5 Å². The minimum atomic E-state index is -4.11. The zero-order valence-corrected chi connectivity index (χ0v) is 56.3. The number of aliphatic imine (C=N–C) groups is 2. The van der Waals surface area contributed by atoms with Crippen LogP contribution in [0.4, 0.5) is 46.5 Å². The number of sulfonamides is 2. The van der Waals surface area contributed by atoms with Crippen LogP contribution in [-0.4, -0.2) is 276 Å². The van der Waals surface area contributed by atoms with Crippen molar-refractivity contribution in [3.8, 4) is 0 Å². The van der Waals surface area contributed by atoms with Gasteiger partial charge in [0.25, 0.3) is 22.9 Å². The second kappa shape index (κ2) is 28.4. The van der Waals surface area contributed by atoms with Gasteiger partial charge in [0, 0.05) is 52.4 Å². The molecule has 0 radical (unpaired) electrons. The van der Waals surface area contributed by atoms with Gasteiger partial charge in [-0.05, 0) is 53.4 Å². The highest BCUT2D eigenvalue weighted by molar-refractivity contribution is 7.90. The average molecular weight is 1450 g/mol. The maximum Gasteiger partial charge on any atom is 0.323 e. The quantitative estimate of drug-likeness (QED) is 0.0316. The number of piperidine rings is 2. The number of H-pyrrole nitrogens is 2. The number of nitrogens with one attached hydrogen (secondary N) is 8. The van der Waals surface area contributed by atoms with Crippen molar-refractivity contribution < 1.29 is 75.8 Å². The number of hydrogen-bond donors (Lipinski definition) is 17. The van der Waals surface area contributed by atoms with Crippen LogP contribution in [0.1, 0.15) is 65.8 Å². The number of hydrogen-bond acceptors (Lipinski definition) is 35. The van der Waals surface area contributed by atoms with Gasteiger partial charge in [0.1, 0.15) is 83.8 Å². The van der Waals surface area contributed by atoms with Gasteiger partial charge >= 0.3 is 11.9 Å². The van der Waals surface area contributed by atoms with Crippen LogP contribution in [0.5, 0.6) is 0 Å². The second-order valence-corrected chi connectivity index (χ2v) is 29.6. The molecule has 6 unspecified atom stereocenters. The summed E-state index contributed by atoms with van der Waals surface area (Å²) in [6.07, 6.45) is -5.51. The number of carboxylic acids is 1. The Bertz CT molecular complexity index is 4620. The molecule has 44 nitrogen and oxygen atoms in total. The first-order valence-electron chi connectivity index (χ1n) is 31.4. The summed E-state index contributed by atoms with van der Waals surface area (Å²) in [5, 5.41) is 62.1. The van der Waals surface area contributed by atoms with E-state index in [9.17, 15) is 71.1 Å². The van der Waals surface area contributed by atoms with Gasteiger partial charge in [-0.2, -0.15) is 9.97 Å². The van der Waals surface area contributed by atoms with E-state index >= 15 is 0 Å². The molecule has 6 aliphatic heterocycles. The van der Waals surface area contributed by atoms with Gasteiger partial charge < -0.3 is 83.9 Å². The first kappa shape index (κ1) is 72.6. The van der Waals surface area contributed by atoms with E-state index in [1.165, 1.54) is 41.6 Å². The summed E-state index contributed by atoms with van der Waals surface area (Å²) in [6.45, 7) is 6.51. The standard InChI is InChI=1S/C28H39N13O9S.C27H37N13O9S/c1-28(2)19(36-16-21(39-28)37-27(30)38-23(16)44)24(45)31-5-7-40-6-4-12(8-13(40)26(46)49-3)51(47,48)35-9-14-17(42)18(43)25(50-14)41-11-34-15-20(29)32-10-33-22(15)41;1-27(2)18(35-15-20(38-27)36-26(29)37-22(15)43)23(44)30-4-6-39-5-3-11(7-12(39)25(45)46)50(47,48)34-8-13-16(41)17(42)24(49-13)40-10-33-14-19(28)31-9-32-21(14)40/h10-14,17-18,25,35,42-43H,4-9H2,1-3H3,(H,31,45)(H2,29,32,33)(H4,30,37,38,39,44);9-13,16-17,24,34,41-42H,3-8H2,1-2H3,(H,30,44)(H,45,46)(H2,28,31,32)(H4,29,36,37,38,43)/t12?,13?,14-,17?,18+,25-;11?,12?,13-,16?,17+,24-/m11/s1. The predicted molar refractivity (Wildman–Crippen MR) is 356 cm³/mol. The molecule has 0 aromatic carbocycles. The number of methoxy groups -OCH3 is 1. The van der Waals surface area contributed by atoms with E-state index in [0.717, 1.165) is 0 Å². The summed E-state index contributed by atoms with van der Waals surface area (Å²) >= 11 is 0. The number of nitrogen functional groups attached to an aromatic ring is 4. The van der Waals surface area contributed by atoms with Crippen LogP contribution in [0.25, 0.3) is 22.3 Å². The fraction of sp³-hybridized carbons (Fsp3) is 0.564. The number of carbonyl (C=O) groups excluding carboxylic acids is 3. The second-order valence-electron chi connectivity index (χ2n) is 25.5. The smallest absolute Gasteiger partial charge is 0.323 e. The Kier molecular flexibility index (Phi) is 20.4. The Hall–Kier alpha value is -9.62. The number of nitrogens with two attached hydrogens (primary N) is 4. The zero-order chi connectivity index (χ0) is 72.9. The molecule has 0 bridgehead atoms. The Labute approximate surface area is 571 Å². The highest BCUT2D eigenvalue weighted by Crippen LogP contribution is 2.36. The van der Waals surface area contributed by atoms with Crippen molar-refractivity contribution in [3.63, 3.8) is 0 Å². The monoisotopic (exact) mass is 1450 g/mol. The Morgan fingerprint density at radius 1 is 0.624 bits per heavy atom. The van der Waals surface area contributed by atoms with Crippen molar-refractivity contribution in [3.05, 3.63) is 46.0 Å². The number of aromatic nitrogens is 12. The lowest BCUT2D eigenvalue weighted by molar-refractivity contribution is -0.148. The molecule has 0 saturated carbocycles. The molecule has 6 aromatic heterocycles. The first-order valence-corrected chi connectivity index (χ1v) is 34.5. The third-order valence-electron chi connectivity index (χ3n) is 18.1. The normalized spacial score (nSPS) is 26.4. The number of imidazole rings is 2. The van der Waals surface area contributed by atoms with Crippen LogP contribution >= 0.6 is 0 Å². The molecule has 4 fully saturated rings. The van der Waals surface area contributed by atoms with Gasteiger partial charge in [-0.1, -0.05) is 0 Å². The third-order valence-corrected chi connectivity index (χ3v) is 21.8. The van der Waals surface area contributed by atoms with E-state index in [2.05, 4.69) is 90.5 Å². The number of anilines is 6. The molecule has 12 atom stereocenters. The molecule has 101 heavy (non-hydrogen) atoms. The molecule has 0 aliphatic carbocycles. The largest absolute Gasteiger partial charge is 0.480 e. The number of amides is 2. The SMILES string of the molecule is CC1(C)Nc2nc(N)[nH]c(=O)c2N=C1C(=O)NCCN1CCC(S(=O)(=O)NC[C@H]2O[C@@H](n3cnc4c(N)ncnc43)[C@@H](O)C2O)CC1C(=O)O.COC(=O)C1CC(S(=O)(=O)NC[C@H]2O[C@@H](n3cnc4c(N)ncnc43)[C@@H](O)C2O)CCN1CCNC(=O)C1=Nc2c(nc(N)[nH]c2=O)NC1(C)C. The van der Waals surface area contributed by atoms with Crippen molar-refractivity contribution in [2.24, 2.45) is 9.98 Å². The van der Waals surface area contributed by atoms with Crippen molar-refractivity contribution in [1.29, 1.82) is 0 Å². The molecule has 12 rings (SSSR count). The lowest BCUT2D eigenvalue weighted by Crippen LogP contribution is -2.55. The highest BCUT2D eigenvalue weighted by atomic mass is 32.2. The summed E-state index contributed by atoms with van der Waals surface area (Å²) in [7, 11) is -6.97. The maximum absolute atomic E-state index is 13.4. The highest BCUT2D eigenvalue weighted by Gasteiger charge is 2.49. The van der Waals surface area contributed by atoms with E-state index < -0.39 is 144 Å². The molecule has 6 aliphatic rings. The lowest BCUT2D eigenvalue weighted by atomic mass is 9.95. The molecule has 21 N–H and O–H groups in total. The fourth-order valence-electron chi connectivity index (χ4n) is 12.7. The van der Waals surface area contributed by atoms with Crippen LogP contribution in [0, 0.1) is 0 Å². The fourth-order valence-corrected chi connectivity index (χ4v) is 15.7.